The maximum atomic E-state index is 15.0. The molecule has 3 aromatic rings. The maximum absolute atomic E-state index is 15.0. The number of furan rings is 1. The summed E-state index contributed by atoms with van der Waals surface area (Å²) in [6.45, 7) is 5.22. The normalized spacial score (nSPS) is 13.6. The second-order valence-electron chi connectivity index (χ2n) is 7.52. The summed E-state index contributed by atoms with van der Waals surface area (Å²) < 4.78 is 31.5. The molecule has 170 valence electrons. The summed E-state index contributed by atoms with van der Waals surface area (Å²) in [5.74, 6) is -1.41. The molecule has 2 amide bonds. The Morgan fingerprint density at radius 1 is 1.21 bits per heavy atom. The number of hydrogen-bond acceptors (Lipinski definition) is 6. The molecule has 9 heteroatoms. The third kappa shape index (κ3) is 4.30. The van der Waals surface area contributed by atoms with Gasteiger partial charge in [-0.25, -0.2) is 4.39 Å². The van der Waals surface area contributed by atoms with Crippen LogP contribution in [-0.2, 0) is 0 Å². The van der Waals surface area contributed by atoms with Gasteiger partial charge in [0.05, 0.1) is 23.9 Å². The Labute approximate surface area is 188 Å². The van der Waals surface area contributed by atoms with Gasteiger partial charge in [0.1, 0.15) is 23.4 Å². The van der Waals surface area contributed by atoms with Crippen LogP contribution in [0.5, 0.6) is 11.5 Å². The monoisotopic (exact) mass is 451 g/mol. The average molecular weight is 451 g/mol. The first kappa shape index (κ1) is 22.1. The first-order valence-electron chi connectivity index (χ1n) is 10.2. The summed E-state index contributed by atoms with van der Waals surface area (Å²) in [5.41, 5.74) is 6.83. The lowest BCUT2D eigenvalue weighted by Gasteiger charge is -2.15. The number of ether oxygens (including phenoxy) is 2. The van der Waals surface area contributed by atoms with E-state index < -0.39 is 11.7 Å². The number of aliphatic imine (C=N–C) groups is 1. The molecule has 0 unspecified atom stereocenters. The molecule has 0 aliphatic heterocycles. The van der Waals surface area contributed by atoms with E-state index in [1.165, 1.54) is 37.6 Å². The zero-order valence-electron chi connectivity index (χ0n) is 18.1. The number of nitrogens with zero attached hydrogens (tertiary/aromatic N) is 1. The Morgan fingerprint density at radius 3 is 2.58 bits per heavy atom. The number of amides is 2. The lowest BCUT2D eigenvalue weighted by Crippen LogP contribution is -2.24. The Hall–Kier alpha value is -4.14. The predicted molar refractivity (Wildman–Crippen MR) is 122 cm³/mol. The molecule has 0 atom stereocenters. The fourth-order valence-electron chi connectivity index (χ4n) is 3.42. The molecule has 0 bridgehead atoms. The number of carbonyl (C=O) groups is 2. The number of rotatable bonds is 8. The van der Waals surface area contributed by atoms with Crippen molar-refractivity contribution in [3.05, 3.63) is 59.1 Å². The fourth-order valence-corrected chi connectivity index (χ4v) is 3.42. The van der Waals surface area contributed by atoms with Crippen molar-refractivity contribution in [3.8, 4) is 11.5 Å². The molecule has 1 aromatic heterocycles. The third-order valence-corrected chi connectivity index (χ3v) is 5.29. The van der Waals surface area contributed by atoms with Crippen molar-refractivity contribution in [2.45, 2.75) is 25.8 Å². The number of nitrogens with two attached hydrogens (primary N) is 1. The van der Waals surface area contributed by atoms with Crippen LogP contribution in [0.15, 0.2) is 46.0 Å². The van der Waals surface area contributed by atoms with Gasteiger partial charge in [0, 0.05) is 29.1 Å². The Morgan fingerprint density at radius 2 is 1.97 bits per heavy atom. The first-order valence-corrected chi connectivity index (χ1v) is 10.2. The SMILES string of the molecule is C=Nc1cc(OC)c(C(N)=O)cc1/C(=C\C)Oc1cc2occ(C(=O)NC3CC3)c2cc1F. The Bertz CT molecular complexity index is 1310. The van der Waals surface area contributed by atoms with Crippen LogP contribution < -0.4 is 20.5 Å². The number of primary amides is 1. The fraction of sp³-hybridized carbons (Fsp3) is 0.208. The summed E-state index contributed by atoms with van der Waals surface area (Å²) in [5, 5.41) is 3.20. The van der Waals surface area contributed by atoms with Crippen molar-refractivity contribution in [3.63, 3.8) is 0 Å². The molecule has 0 spiro atoms. The van der Waals surface area contributed by atoms with E-state index in [9.17, 15) is 14.0 Å². The maximum Gasteiger partial charge on any atom is 0.255 e. The first-order chi connectivity index (χ1) is 15.9. The zero-order chi connectivity index (χ0) is 23.7. The van der Waals surface area contributed by atoms with Crippen molar-refractivity contribution in [2.75, 3.05) is 7.11 Å². The van der Waals surface area contributed by atoms with Crippen LogP contribution in [0, 0.1) is 5.82 Å². The Kier molecular flexibility index (Phi) is 5.87. The van der Waals surface area contributed by atoms with Crippen molar-refractivity contribution in [2.24, 2.45) is 10.7 Å². The van der Waals surface area contributed by atoms with Crippen molar-refractivity contribution < 1.29 is 27.9 Å². The third-order valence-electron chi connectivity index (χ3n) is 5.29. The van der Waals surface area contributed by atoms with E-state index in [-0.39, 0.29) is 45.9 Å². The summed E-state index contributed by atoms with van der Waals surface area (Å²) in [4.78, 5) is 28.2. The standard InChI is InChI=1S/C24H22FN3O5/c1-4-19(14-7-15(23(26)29)20(31-3)9-18(14)27-2)33-22-10-21-13(8-17(22)25)16(11-32-21)24(30)28-12-5-6-12/h4,7-12H,2,5-6H2,1,3H3,(H2,26,29)(H,28,30)/b19-4+. The van der Waals surface area contributed by atoms with Crippen molar-refractivity contribution in [1.29, 1.82) is 0 Å². The largest absolute Gasteiger partial charge is 0.496 e. The van der Waals surface area contributed by atoms with Crippen LogP contribution in [0.4, 0.5) is 10.1 Å². The number of nitrogens with one attached hydrogen (secondary N) is 1. The van der Waals surface area contributed by atoms with Crippen LogP contribution in [0.3, 0.4) is 0 Å². The molecule has 1 saturated carbocycles. The Balaban J connectivity index is 1.70. The minimum Gasteiger partial charge on any atom is -0.496 e. The second-order valence-corrected chi connectivity index (χ2v) is 7.52. The lowest BCUT2D eigenvalue weighted by atomic mass is 10.0. The molecule has 3 N–H and O–H groups in total. The highest BCUT2D eigenvalue weighted by molar-refractivity contribution is 6.06. The van der Waals surface area contributed by atoms with Gasteiger partial charge in [0.2, 0.25) is 0 Å². The molecule has 1 aliphatic rings. The zero-order valence-corrected chi connectivity index (χ0v) is 18.1. The highest BCUT2D eigenvalue weighted by Gasteiger charge is 2.26. The minimum atomic E-state index is -0.709. The van der Waals surface area contributed by atoms with Crippen molar-refractivity contribution in [1.82, 2.24) is 5.32 Å². The van der Waals surface area contributed by atoms with E-state index in [0.717, 1.165) is 12.8 Å². The number of halogens is 1. The van der Waals surface area contributed by atoms with Crippen LogP contribution in [0.1, 0.15) is 46.0 Å². The quantitative estimate of drug-likeness (QED) is 0.390. The van der Waals surface area contributed by atoms with Gasteiger partial charge in [-0.15, -0.1) is 0 Å². The van der Waals surface area contributed by atoms with Gasteiger partial charge in [-0.1, -0.05) is 0 Å². The summed E-state index contributed by atoms with van der Waals surface area (Å²) in [6, 6.07) is 5.66. The number of carbonyl (C=O) groups excluding carboxylic acids is 2. The van der Waals surface area contributed by atoms with E-state index >= 15 is 0 Å². The average Bonchev–Trinajstić information content (AvgIpc) is 3.53. The van der Waals surface area contributed by atoms with E-state index in [1.54, 1.807) is 13.0 Å². The molecule has 1 fully saturated rings. The number of fused-ring (bicyclic) bond motifs is 1. The smallest absolute Gasteiger partial charge is 0.255 e. The summed E-state index contributed by atoms with van der Waals surface area (Å²) >= 11 is 0. The molecule has 4 rings (SSSR count). The molecular weight excluding hydrogens is 429 g/mol. The molecule has 1 heterocycles. The number of hydrogen-bond donors (Lipinski definition) is 2. The minimum absolute atomic E-state index is 0.108. The van der Waals surface area contributed by atoms with Gasteiger partial charge >= 0.3 is 0 Å². The number of methoxy groups -OCH3 is 1. The van der Waals surface area contributed by atoms with E-state index in [4.69, 9.17) is 19.6 Å². The molecule has 0 saturated heterocycles. The van der Waals surface area contributed by atoms with Gasteiger partial charge < -0.3 is 24.9 Å². The molecule has 2 aromatic carbocycles. The number of allylic oxidation sites excluding steroid dienone is 1. The van der Waals surface area contributed by atoms with E-state index in [2.05, 4.69) is 17.0 Å². The van der Waals surface area contributed by atoms with Crippen LogP contribution >= 0.6 is 0 Å². The topological polar surface area (TPSA) is 116 Å². The highest BCUT2D eigenvalue weighted by atomic mass is 19.1. The predicted octanol–water partition coefficient (Wildman–Crippen LogP) is 4.34. The van der Waals surface area contributed by atoms with Gasteiger partial charge in [0.25, 0.3) is 11.8 Å². The van der Waals surface area contributed by atoms with Gasteiger partial charge in [0.15, 0.2) is 11.6 Å². The van der Waals surface area contributed by atoms with Crippen LogP contribution in [0.2, 0.25) is 0 Å². The van der Waals surface area contributed by atoms with Crippen LogP contribution in [-0.4, -0.2) is 31.7 Å². The summed E-state index contributed by atoms with van der Waals surface area (Å²) in [7, 11) is 1.40. The number of benzene rings is 2. The molecule has 0 radical (unpaired) electrons. The molecule has 33 heavy (non-hydrogen) atoms. The summed E-state index contributed by atoms with van der Waals surface area (Å²) in [6.07, 6.45) is 4.75. The molecular formula is C24H22FN3O5. The lowest BCUT2D eigenvalue weighted by molar-refractivity contribution is 0.0950. The second kappa shape index (κ2) is 8.78. The van der Waals surface area contributed by atoms with Crippen LogP contribution in [0.25, 0.3) is 16.7 Å². The van der Waals surface area contributed by atoms with Gasteiger partial charge in [-0.2, -0.15) is 0 Å². The van der Waals surface area contributed by atoms with Gasteiger partial charge in [-0.3, -0.25) is 14.6 Å². The van der Waals surface area contributed by atoms with E-state index in [1.807, 2.05) is 0 Å². The van der Waals surface area contributed by atoms with E-state index in [0.29, 0.717) is 16.6 Å². The van der Waals surface area contributed by atoms with Crippen molar-refractivity contribution >= 4 is 40.9 Å². The highest BCUT2D eigenvalue weighted by Crippen LogP contribution is 2.36. The molecule has 1 aliphatic carbocycles. The van der Waals surface area contributed by atoms with Gasteiger partial charge in [-0.05, 0) is 44.7 Å². The molecule has 8 nitrogen and oxygen atoms in total.